The van der Waals surface area contributed by atoms with Crippen molar-refractivity contribution in [3.8, 4) is 0 Å². The van der Waals surface area contributed by atoms with Crippen LogP contribution in [0.5, 0.6) is 0 Å². The molecule has 1 aliphatic rings. The van der Waals surface area contributed by atoms with Crippen LogP contribution in [0.4, 0.5) is 0 Å². The second-order valence-electron chi connectivity index (χ2n) is 6.55. The second kappa shape index (κ2) is 10.4. The molecule has 0 amide bonds. The van der Waals surface area contributed by atoms with Crippen molar-refractivity contribution < 1.29 is 42.2 Å². The van der Waals surface area contributed by atoms with Gasteiger partial charge in [-0.05, 0) is 33.8 Å². The molecule has 1 heterocycles. The van der Waals surface area contributed by atoms with Crippen LogP contribution >= 0.6 is 19.4 Å². The molecule has 9 nitrogen and oxygen atoms in total. The van der Waals surface area contributed by atoms with E-state index in [0.29, 0.717) is 0 Å². The van der Waals surface area contributed by atoms with E-state index in [-0.39, 0.29) is 4.65 Å². The van der Waals surface area contributed by atoms with Gasteiger partial charge in [0.25, 0.3) is 0 Å². The fourth-order valence-electron chi connectivity index (χ4n) is 2.32. The molecule has 0 saturated carbocycles. The molecule has 1 rings (SSSR count). The van der Waals surface area contributed by atoms with E-state index >= 15 is 0 Å². The van der Waals surface area contributed by atoms with Crippen LogP contribution in [0.3, 0.4) is 0 Å². The molecule has 0 aromatic heterocycles. The molecule has 0 N–H and O–H groups in total. The van der Waals surface area contributed by atoms with Crippen LogP contribution in [0, 0.1) is 0 Å². The zero-order chi connectivity index (χ0) is 21.6. The molecule has 3 atom stereocenters. The van der Waals surface area contributed by atoms with Crippen molar-refractivity contribution in [1.29, 1.82) is 0 Å². The molecule has 0 unspecified atom stereocenters. The summed E-state index contributed by atoms with van der Waals surface area (Å²) in [6.07, 6.45) is -1.77. The lowest BCUT2D eigenvalue weighted by Crippen LogP contribution is -2.45. The molecule has 0 aliphatic carbocycles. The van der Waals surface area contributed by atoms with Gasteiger partial charge in [0.15, 0.2) is 17.6 Å². The van der Waals surface area contributed by atoms with Crippen LogP contribution in [0.2, 0.25) is 0 Å². The molecule has 0 saturated heterocycles. The van der Waals surface area contributed by atoms with Gasteiger partial charge in [0.1, 0.15) is 4.65 Å². The summed E-state index contributed by atoms with van der Waals surface area (Å²) >= 11 is 0.868. The van der Waals surface area contributed by atoms with Crippen LogP contribution in [-0.2, 0) is 42.2 Å². The second-order valence-corrected chi connectivity index (χ2v) is 9.90. The van der Waals surface area contributed by atoms with Crippen molar-refractivity contribution in [2.24, 2.45) is 0 Å². The Kier molecular flexibility index (Phi) is 9.20. The Morgan fingerprint density at radius 1 is 0.893 bits per heavy atom. The molecule has 0 radical (unpaired) electrons. The molecule has 0 spiro atoms. The Hall–Kier alpha value is -1.35. The average Bonchev–Trinajstić information content (AvgIpc) is 2.46. The summed E-state index contributed by atoms with van der Waals surface area (Å²) in [6.45, 7) is 10.3. The number of esters is 3. The van der Waals surface area contributed by atoms with Crippen LogP contribution in [0.25, 0.3) is 0 Å². The Labute approximate surface area is 169 Å². The highest BCUT2D eigenvalue weighted by Crippen LogP contribution is 2.64. The summed E-state index contributed by atoms with van der Waals surface area (Å²) < 4.78 is 40.4. The van der Waals surface area contributed by atoms with E-state index in [2.05, 4.69) is 0 Å². The summed E-state index contributed by atoms with van der Waals surface area (Å²) in [4.78, 5) is 34.6. The lowest BCUT2D eigenvalue weighted by Gasteiger charge is -2.36. The summed E-state index contributed by atoms with van der Waals surface area (Å²) in [5.41, 5.74) is -1.11. The van der Waals surface area contributed by atoms with Gasteiger partial charge < -0.3 is 23.3 Å². The van der Waals surface area contributed by atoms with Crippen LogP contribution in [0.15, 0.2) is 10.7 Å². The molecular formula is C17H27O9PS. The standard InChI is InChI=1S/C17H27O9PS/c1-9(2)25-27(21,26-10(3)4)15-8-14(22-11(5)18)16(23-12(6)19)17(28-15)24-13(7)20/h8-10,14,16-17H,1-7H3/t14-,16-,17-/m1/s1. The predicted molar refractivity (Wildman–Crippen MR) is 102 cm³/mol. The highest BCUT2D eigenvalue weighted by atomic mass is 32.2. The quantitative estimate of drug-likeness (QED) is 0.317. The van der Waals surface area contributed by atoms with Gasteiger partial charge in [-0.25, -0.2) is 0 Å². The summed E-state index contributed by atoms with van der Waals surface area (Å²) in [7, 11) is -3.83. The van der Waals surface area contributed by atoms with E-state index in [1.165, 1.54) is 26.8 Å². The monoisotopic (exact) mass is 438 g/mol. The Bertz CT molecular complexity index is 660. The average molecular weight is 438 g/mol. The van der Waals surface area contributed by atoms with E-state index in [1.54, 1.807) is 27.7 Å². The highest BCUT2D eigenvalue weighted by molar-refractivity contribution is 8.10. The fourth-order valence-corrected chi connectivity index (χ4v) is 6.08. The maximum absolute atomic E-state index is 13.5. The van der Waals surface area contributed by atoms with Crippen LogP contribution < -0.4 is 0 Å². The molecule has 11 heteroatoms. The van der Waals surface area contributed by atoms with Gasteiger partial charge in [0.05, 0.1) is 12.2 Å². The van der Waals surface area contributed by atoms with Crippen molar-refractivity contribution in [2.45, 2.75) is 78.3 Å². The molecular weight excluding hydrogens is 411 g/mol. The minimum absolute atomic E-state index is 0.107. The molecule has 160 valence electrons. The molecule has 1 aliphatic heterocycles. The number of thioether (sulfide) groups is 1. The summed E-state index contributed by atoms with van der Waals surface area (Å²) in [5.74, 6) is -1.96. The normalized spacial score (nSPS) is 22.6. The van der Waals surface area contributed by atoms with E-state index in [0.717, 1.165) is 11.8 Å². The molecule has 28 heavy (non-hydrogen) atoms. The SMILES string of the molecule is CC(=O)O[C@H]1[C@H](OC(C)=O)SC(P(=O)(OC(C)C)OC(C)C)=C[C@H]1OC(C)=O. The number of hydrogen-bond donors (Lipinski definition) is 0. The Morgan fingerprint density at radius 2 is 1.36 bits per heavy atom. The molecule has 0 bridgehead atoms. The van der Waals surface area contributed by atoms with Crippen molar-refractivity contribution >= 4 is 37.3 Å². The van der Waals surface area contributed by atoms with Crippen molar-refractivity contribution in [3.63, 3.8) is 0 Å². The third-order valence-corrected chi connectivity index (χ3v) is 7.04. The Balaban J connectivity index is 3.43. The van der Waals surface area contributed by atoms with Gasteiger partial charge >= 0.3 is 25.5 Å². The molecule has 0 aromatic carbocycles. The summed E-state index contributed by atoms with van der Waals surface area (Å²) in [6, 6.07) is 0. The smallest absolute Gasteiger partial charge is 0.368 e. The van der Waals surface area contributed by atoms with Crippen molar-refractivity contribution in [2.75, 3.05) is 0 Å². The minimum atomic E-state index is -3.83. The van der Waals surface area contributed by atoms with E-state index < -0.39 is 55.4 Å². The first-order chi connectivity index (χ1) is 12.8. The fraction of sp³-hybridized carbons (Fsp3) is 0.706. The minimum Gasteiger partial charge on any atom is -0.454 e. The number of rotatable bonds is 8. The number of carbonyl (C=O) groups is 3. The van der Waals surface area contributed by atoms with Gasteiger partial charge in [-0.3, -0.25) is 18.9 Å². The Morgan fingerprint density at radius 3 is 1.75 bits per heavy atom. The zero-order valence-corrected chi connectivity index (χ0v) is 18.7. The molecule has 0 aromatic rings. The van der Waals surface area contributed by atoms with E-state index in [1.807, 2.05) is 0 Å². The zero-order valence-electron chi connectivity index (χ0n) is 17.0. The maximum atomic E-state index is 13.5. The lowest BCUT2D eigenvalue weighted by atomic mass is 10.2. The third-order valence-electron chi connectivity index (χ3n) is 2.99. The number of carbonyl (C=O) groups excluding carboxylic acids is 3. The topological polar surface area (TPSA) is 114 Å². The van der Waals surface area contributed by atoms with Gasteiger partial charge in [0.2, 0.25) is 0 Å². The van der Waals surface area contributed by atoms with Crippen molar-refractivity contribution in [1.82, 2.24) is 0 Å². The maximum Gasteiger partial charge on any atom is 0.368 e. The predicted octanol–water partition coefficient (Wildman–Crippen LogP) is 3.37. The van der Waals surface area contributed by atoms with E-state index in [9.17, 15) is 18.9 Å². The first-order valence-electron chi connectivity index (χ1n) is 8.71. The number of hydrogen-bond acceptors (Lipinski definition) is 10. The first-order valence-corrected chi connectivity index (χ1v) is 11.1. The molecule has 0 fully saturated rings. The van der Waals surface area contributed by atoms with Crippen LogP contribution in [-0.4, -0.2) is 47.8 Å². The van der Waals surface area contributed by atoms with Gasteiger partial charge in [-0.15, -0.1) is 0 Å². The summed E-state index contributed by atoms with van der Waals surface area (Å²) in [5, 5.41) is 0. The van der Waals surface area contributed by atoms with Crippen molar-refractivity contribution in [3.05, 3.63) is 10.7 Å². The van der Waals surface area contributed by atoms with Gasteiger partial charge in [-0.2, -0.15) is 0 Å². The number of ether oxygens (including phenoxy) is 3. The first kappa shape index (κ1) is 24.7. The third kappa shape index (κ3) is 7.58. The van der Waals surface area contributed by atoms with Gasteiger partial charge in [0, 0.05) is 20.8 Å². The largest absolute Gasteiger partial charge is 0.454 e. The van der Waals surface area contributed by atoms with Gasteiger partial charge in [-0.1, -0.05) is 11.8 Å². The van der Waals surface area contributed by atoms with Crippen LogP contribution in [0.1, 0.15) is 48.5 Å². The van der Waals surface area contributed by atoms with E-state index in [4.69, 9.17) is 23.3 Å². The highest BCUT2D eigenvalue weighted by Gasteiger charge is 2.47. The lowest BCUT2D eigenvalue weighted by molar-refractivity contribution is -0.172.